The van der Waals surface area contributed by atoms with Crippen LogP contribution in [0.15, 0.2) is 158 Å². The molecule has 106 heavy (non-hydrogen) atoms. The summed E-state index contributed by atoms with van der Waals surface area (Å²) < 4.78 is 68.6. The summed E-state index contributed by atoms with van der Waals surface area (Å²) in [5.74, 6) is -2.29. The lowest BCUT2D eigenvalue weighted by Crippen LogP contribution is -2.30. The number of rotatable bonds is 75. The minimum atomic E-state index is -5.00. The molecule has 604 valence electrons. The van der Waals surface area contributed by atoms with Gasteiger partial charge in [0, 0.05) is 25.7 Å². The van der Waals surface area contributed by atoms with E-state index in [4.69, 9.17) is 37.0 Å². The topological polar surface area (TPSA) is 237 Å². The number of allylic oxidation sites excluding steroid dienone is 26. The van der Waals surface area contributed by atoms with Gasteiger partial charge in [0.05, 0.1) is 26.4 Å². The van der Waals surface area contributed by atoms with Gasteiger partial charge in [0.1, 0.15) is 19.3 Å². The fourth-order valence-corrected chi connectivity index (χ4v) is 11.9. The fourth-order valence-electron chi connectivity index (χ4n) is 10.3. The molecule has 0 rings (SSSR count). The van der Waals surface area contributed by atoms with Gasteiger partial charge in [-0.25, -0.2) is 9.13 Å². The van der Waals surface area contributed by atoms with E-state index in [2.05, 4.69) is 186 Å². The molecule has 0 aliphatic heterocycles. The van der Waals surface area contributed by atoms with Crippen LogP contribution >= 0.6 is 15.6 Å². The molecule has 0 heterocycles. The molecular weight excluding hydrogens is 1380 g/mol. The Morgan fingerprint density at radius 3 is 0.811 bits per heavy atom. The first-order chi connectivity index (χ1) is 51.7. The SMILES string of the molecule is CC/C=C\C/C=C\C/C=C\C/C=C\C/C=C\CCCCCC(=O)OCC(COP(=O)(O)OCC(O)COP(=O)(O)OCC(COC(=O)CCCCCCCC/C=C\C/C=C\C/C=C\CCCCC)OC(=O)CCCC/C=C\C/C=C\C/C=C\C/C=C\CC)OC(=O)CCCCCCC/C=C\CCCCCC. The normalized spacial score (nSPS) is 14.7. The zero-order chi connectivity index (χ0) is 77.4. The van der Waals surface area contributed by atoms with Crippen molar-refractivity contribution in [2.45, 2.75) is 329 Å². The van der Waals surface area contributed by atoms with E-state index in [1.54, 1.807) is 0 Å². The number of phosphoric ester groups is 2. The average Bonchev–Trinajstić information content (AvgIpc) is 0.901. The van der Waals surface area contributed by atoms with Crippen LogP contribution in [0.4, 0.5) is 0 Å². The molecule has 0 amide bonds. The van der Waals surface area contributed by atoms with E-state index in [9.17, 15) is 43.2 Å². The maximum atomic E-state index is 13.1. The summed E-state index contributed by atoms with van der Waals surface area (Å²) >= 11 is 0. The lowest BCUT2D eigenvalue weighted by Gasteiger charge is -2.21. The lowest BCUT2D eigenvalue weighted by atomic mass is 10.1. The molecule has 5 atom stereocenters. The third-order valence-electron chi connectivity index (χ3n) is 16.5. The van der Waals surface area contributed by atoms with Crippen LogP contribution in [-0.4, -0.2) is 96.7 Å². The Hall–Kier alpha value is -5.32. The zero-order valence-electron chi connectivity index (χ0n) is 66.1. The first kappa shape index (κ1) is 101. The van der Waals surface area contributed by atoms with Gasteiger partial charge < -0.3 is 33.8 Å². The Morgan fingerprint density at radius 1 is 0.274 bits per heavy atom. The minimum Gasteiger partial charge on any atom is -0.462 e. The molecule has 0 radical (unpaired) electrons. The van der Waals surface area contributed by atoms with Crippen LogP contribution in [0.25, 0.3) is 0 Å². The first-order valence-corrected chi connectivity index (χ1v) is 43.7. The highest BCUT2D eigenvalue weighted by atomic mass is 31.2. The highest BCUT2D eigenvalue weighted by Crippen LogP contribution is 2.45. The van der Waals surface area contributed by atoms with E-state index in [-0.39, 0.29) is 25.7 Å². The van der Waals surface area contributed by atoms with E-state index >= 15 is 0 Å². The summed E-state index contributed by atoms with van der Waals surface area (Å²) in [6.45, 7) is 4.49. The van der Waals surface area contributed by atoms with Gasteiger partial charge in [-0.3, -0.25) is 37.3 Å². The number of unbranched alkanes of at least 4 members (excludes halogenated alkanes) is 23. The molecule has 0 aromatic carbocycles. The number of aliphatic hydroxyl groups is 1. The van der Waals surface area contributed by atoms with Gasteiger partial charge >= 0.3 is 39.5 Å². The Balaban J connectivity index is 5.43. The molecule has 0 bridgehead atoms. The predicted molar refractivity (Wildman–Crippen MR) is 436 cm³/mol. The second kappa shape index (κ2) is 77.8. The monoisotopic (exact) mass is 1520 g/mol. The maximum Gasteiger partial charge on any atom is 0.472 e. The number of esters is 4. The Bertz CT molecular complexity index is 2630. The molecule has 0 spiro atoms. The van der Waals surface area contributed by atoms with Crippen LogP contribution in [0.1, 0.15) is 310 Å². The van der Waals surface area contributed by atoms with Crippen molar-refractivity contribution in [3.05, 3.63) is 158 Å². The second-order valence-electron chi connectivity index (χ2n) is 26.6. The number of carbonyl (C=O) groups excluding carboxylic acids is 4. The van der Waals surface area contributed by atoms with Crippen LogP contribution < -0.4 is 0 Å². The molecule has 0 aliphatic rings. The Labute approximate surface area is 642 Å². The third kappa shape index (κ3) is 76.9. The van der Waals surface area contributed by atoms with Crippen molar-refractivity contribution in [3.8, 4) is 0 Å². The van der Waals surface area contributed by atoms with Gasteiger partial charge in [0.25, 0.3) is 0 Å². The summed E-state index contributed by atoms with van der Waals surface area (Å²) in [4.78, 5) is 73.1. The van der Waals surface area contributed by atoms with Gasteiger partial charge in [-0.1, -0.05) is 269 Å². The van der Waals surface area contributed by atoms with Crippen LogP contribution in [0.2, 0.25) is 0 Å². The number of hydrogen-bond acceptors (Lipinski definition) is 15. The van der Waals surface area contributed by atoms with Gasteiger partial charge in [0.15, 0.2) is 12.2 Å². The zero-order valence-corrected chi connectivity index (χ0v) is 67.8. The Kier molecular flexibility index (Phi) is 73.9. The average molecular weight is 1520 g/mol. The summed E-state index contributed by atoms with van der Waals surface area (Å²) in [5.41, 5.74) is 0. The Morgan fingerprint density at radius 2 is 0.491 bits per heavy atom. The van der Waals surface area contributed by atoms with Crippen molar-refractivity contribution in [3.63, 3.8) is 0 Å². The minimum absolute atomic E-state index is 0.0343. The standard InChI is InChI=1S/C87H144O17P2/c1-5-9-13-17-21-25-29-33-36-38-40-42-45-48-51-55-59-63-67-71-84(89)97-77-82(103-86(91)73-69-65-61-57-53-47-32-28-24-20-16-12-8-4)79-101-105(93,94)99-75-81(88)76-100-106(95,96)102-80-83(104-87(92)74-70-66-62-58-54-50-44-35-31-27-23-19-15-11-7-3)78-98-85(90)72-68-64-60-56-52-49-46-43-41-39-37-34-30-26-22-18-14-10-6-2/h9,11,13,15,21-23,25-28,32-37,40-44,48,51,54,58,81-83,88H,5-8,10,12,14,16-20,24,29-31,38-39,45-47,49-50,52-53,55-57,59-80H2,1-4H3,(H,93,94)(H,95,96)/b13-9-,15-11-,25-21-,26-22-,27-23-,32-28-,36-33-,37-34-,42-40-,43-41-,44-35-,51-48-,58-54-. The quantitative estimate of drug-likeness (QED) is 0.0169. The molecule has 0 aromatic heterocycles. The molecule has 0 aliphatic carbocycles. The highest BCUT2D eigenvalue weighted by molar-refractivity contribution is 7.47. The molecule has 0 saturated heterocycles. The highest BCUT2D eigenvalue weighted by Gasteiger charge is 2.30. The number of phosphoric acid groups is 2. The predicted octanol–water partition coefficient (Wildman–Crippen LogP) is 24.0. The second-order valence-corrected chi connectivity index (χ2v) is 29.5. The van der Waals surface area contributed by atoms with E-state index in [0.717, 1.165) is 180 Å². The number of carbonyl (C=O) groups is 4. The van der Waals surface area contributed by atoms with Crippen molar-refractivity contribution in [2.24, 2.45) is 0 Å². The molecule has 0 fully saturated rings. The molecule has 3 N–H and O–H groups in total. The van der Waals surface area contributed by atoms with Crippen molar-refractivity contribution in [1.29, 1.82) is 0 Å². The summed E-state index contributed by atoms with van der Waals surface area (Å²) in [6, 6.07) is 0. The maximum absolute atomic E-state index is 13.1. The van der Waals surface area contributed by atoms with E-state index < -0.39 is 97.5 Å². The van der Waals surface area contributed by atoms with E-state index in [1.165, 1.54) is 44.9 Å². The van der Waals surface area contributed by atoms with Crippen LogP contribution in [0.5, 0.6) is 0 Å². The largest absolute Gasteiger partial charge is 0.472 e. The molecule has 0 saturated carbocycles. The van der Waals surface area contributed by atoms with Gasteiger partial charge in [-0.05, 0) is 173 Å². The third-order valence-corrected chi connectivity index (χ3v) is 18.4. The van der Waals surface area contributed by atoms with Crippen molar-refractivity contribution in [1.82, 2.24) is 0 Å². The summed E-state index contributed by atoms with van der Waals surface area (Å²) in [6.07, 6.45) is 90.8. The number of aliphatic hydroxyl groups excluding tert-OH is 1. The van der Waals surface area contributed by atoms with E-state index in [0.29, 0.717) is 32.1 Å². The van der Waals surface area contributed by atoms with Gasteiger partial charge in [-0.15, -0.1) is 0 Å². The van der Waals surface area contributed by atoms with Crippen molar-refractivity contribution >= 4 is 39.5 Å². The van der Waals surface area contributed by atoms with Crippen molar-refractivity contribution < 1.29 is 80.2 Å². The number of ether oxygens (including phenoxy) is 4. The van der Waals surface area contributed by atoms with Crippen LogP contribution in [-0.2, 0) is 65.4 Å². The summed E-state index contributed by atoms with van der Waals surface area (Å²) in [5, 5.41) is 10.6. The number of hydrogen-bond donors (Lipinski definition) is 3. The lowest BCUT2D eigenvalue weighted by molar-refractivity contribution is -0.161. The van der Waals surface area contributed by atoms with E-state index in [1.807, 2.05) is 0 Å². The van der Waals surface area contributed by atoms with Crippen LogP contribution in [0, 0.1) is 0 Å². The smallest absolute Gasteiger partial charge is 0.462 e. The van der Waals surface area contributed by atoms with Crippen LogP contribution in [0.3, 0.4) is 0 Å². The van der Waals surface area contributed by atoms with Gasteiger partial charge in [0.2, 0.25) is 0 Å². The van der Waals surface area contributed by atoms with Gasteiger partial charge in [-0.2, -0.15) is 0 Å². The molecule has 0 aromatic rings. The molecule has 5 unspecified atom stereocenters. The fraction of sp³-hybridized carbons (Fsp3) is 0.655. The van der Waals surface area contributed by atoms with Crippen molar-refractivity contribution in [2.75, 3.05) is 39.6 Å². The molecular formula is C87H144O17P2. The molecule has 17 nitrogen and oxygen atoms in total. The molecule has 19 heteroatoms. The first-order valence-electron chi connectivity index (χ1n) is 40.7. The summed E-state index contributed by atoms with van der Waals surface area (Å²) in [7, 11) is -10.00.